The highest BCUT2D eigenvalue weighted by Crippen LogP contribution is 2.23. The Kier molecular flexibility index (Phi) is 4.19. The molecule has 1 aromatic heterocycles. The molecule has 0 saturated heterocycles. The summed E-state index contributed by atoms with van der Waals surface area (Å²) < 4.78 is 13.6. The number of nitrogens with one attached hydrogen (secondary N) is 2. The van der Waals surface area contributed by atoms with Crippen molar-refractivity contribution >= 4 is 11.6 Å². The quantitative estimate of drug-likeness (QED) is 0.772. The Morgan fingerprint density at radius 3 is 2.83 bits per heavy atom. The molecule has 0 saturated carbocycles. The van der Waals surface area contributed by atoms with E-state index in [0.717, 1.165) is 17.0 Å². The molecule has 1 amide bonds. The molecule has 0 unspecified atom stereocenters. The maximum atomic E-state index is 13.6. The molecular weight excluding hydrogens is 293 g/mol. The van der Waals surface area contributed by atoms with Gasteiger partial charge in [0, 0.05) is 23.6 Å². The second-order valence-electron chi connectivity index (χ2n) is 5.28. The van der Waals surface area contributed by atoms with E-state index in [2.05, 4.69) is 15.3 Å². The average Bonchev–Trinajstić information content (AvgIpc) is 3.06. The largest absolute Gasteiger partial charge is 0.345 e. The van der Waals surface area contributed by atoms with Crippen molar-refractivity contribution in [3.8, 4) is 11.4 Å². The van der Waals surface area contributed by atoms with Gasteiger partial charge in [-0.15, -0.1) is 0 Å². The van der Waals surface area contributed by atoms with Crippen molar-refractivity contribution in [2.45, 2.75) is 13.3 Å². The zero-order chi connectivity index (χ0) is 16.2. The molecule has 0 fully saturated rings. The monoisotopic (exact) mass is 309 g/mol. The van der Waals surface area contributed by atoms with Crippen LogP contribution in [-0.2, 0) is 11.2 Å². The van der Waals surface area contributed by atoms with Gasteiger partial charge in [0.05, 0.1) is 6.42 Å². The van der Waals surface area contributed by atoms with Gasteiger partial charge in [-0.2, -0.15) is 0 Å². The van der Waals surface area contributed by atoms with E-state index in [1.165, 1.54) is 6.07 Å². The van der Waals surface area contributed by atoms with Crippen LogP contribution in [0.15, 0.2) is 54.9 Å². The molecule has 0 atom stereocenters. The highest BCUT2D eigenvalue weighted by molar-refractivity contribution is 5.93. The summed E-state index contributed by atoms with van der Waals surface area (Å²) in [5, 5.41) is 2.84. The van der Waals surface area contributed by atoms with Gasteiger partial charge in [-0.1, -0.05) is 30.3 Å². The first-order chi connectivity index (χ1) is 11.1. The van der Waals surface area contributed by atoms with Crippen LogP contribution in [0, 0.1) is 12.7 Å². The summed E-state index contributed by atoms with van der Waals surface area (Å²) in [4.78, 5) is 19.4. The molecule has 4 nitrogen and oxygen atoms in total. The summed E-state index contributed by atoms with van der Waals surface area (Å²) in [6, 6.07) is 12.0. The number of nitrogens with zero attached hydrogens (tertiary/aromatic N) is 1. The van der Waals surface area contributed by atoms with E-state index >= 15 is 0 Å². The van der Waals surface area contributed by atoms with E-state index in [0.29, 0.717) is 11.3 Å². The molecular formula is C18H16FN3O. The second-order valence-corrected chi connectivity index (χ2v) is 5.28. The van der Waals surface area contributed by atoms with Crippen molar-refractivity contribution in [3.05, 3.63) is 71.8 Å². The first-order valence-electron chi connectivity index (χ1n) is 7.27. The number of carbonyl (C=O) groups is 1. The van der Waals surface area contributed by atoms with Gasteiger partial charge < -0.3 is 10.3 Å². The number of rotatable bonds is 4. The van der Waals surface area contributed by atoms with Crippen LogP contribution < -0.4 is 5.32 Å². The van der Waals surface area contributed by atoms with Crippen LogP contribution in [0.3, 0.4) is 0 Å². The predicted octanol–water partition coefficient (Wildman–Crippen LogP) is 3.71. The van der Waals surface area contributed by atoms with Crippen LogP contribution >= 0.6 is 0 Å². The summed E-state index contributed by atoms with van der Waals surface area (Å²) in [6.45, 7) is 1.91. The maximum absolute atomic E-state index is 13.6. The minimum atomic E-state index is -0.372. The molecule has 0 bridgehead atoms. The SMILES string of the molecule is Cc1ccc(-c2ncc[nH]2)cc1NC(=O)Cc1ccccc1F. The van der Waals surface area contributed by atoms with Crippen molar-refractivity contribution in [2.24, 2.45) is 0 Å². The number of halogens is 1. The molecule has 116 valence electrons. The number of aromatic amines is 1. The normalized spacial score (nSPS) is 10.5. The Morgan fingerprint density at radius 2 is 2.09 bits per heavy atom. The van der Waals surface area contributed by atoms with Crippen molar-refractivity contribution in [1.82, 2.24) is 9.97 Å². The number of carbonyl (C=O) groups excluding carboxylic acids is 1. The molecule has 0 spiro atoms. The van der Waals surface area contributed by atoms with E-state index in [1.54, 1.807) is 30.6 Å². The molecule has 3 aromatic rings. The van der Waals surface area contributed by atoms with Crippen LogP contribution in [0.4, 0.5) is 10.1 Å². The van der Waals surface area contributed by atoms with E-state index in [-0.39, 0.29) is 18.1 Å². The Hall–Kier alpha value is -2.95. The number of hydrogen-bond acceptors (Lipinski definition) is 2. The highest BCUT2D eigenvalue weighted by Gasteiger charge is 2.10. The fraction of sp³-hybridized carbons (Fsp3) is 0.111. The van der Waals surface area contributed by atoms with Crippen molar-refractivity contribution in [3.63, 3.8) is 0 Å². The van der Waals surface area contributed by atoms with Crippen molar-refractivity contribution in [2.75, 3.05) is 5.32 Å². The van der Waals surface area contributed by atoms with Gasteiger partial charge in [-0.25, -0.2) is 9.37 Å². The molecule has 1 heterocycles. The first-order valence-corrected chi connectivity index (χ1v) is 7.27. The molecule has 0 aliphatic rings. The fourth-order valence-electron chi connectivity index (χ4n) is 2.34. The number of anilines is 1. The second kappa shape index (κ2) is 6.44. The zero-order valence-electron chi connectivity index (χ0n) is 12.6. The van der Waals surface area contributed by atoms with Gasteiger partial charge in [0.25, 0.3) is 0 Å². The summed E-state index contributed by atoms with van der Waals surface area (Å²) in [5.41, 5.74) is 2.88. The van der Waals surface area contributed by atoms with Gasteiger partial charge in [0.2, 0.25) is 5.91 Å². The van der Waals surface area contributed by atoms with E-state index < -0.39 is 0 Å². The van der Waals surface area contributed by atoms with E-state index in [4.69, 9.17) is 0 Å². The topological polar surface area (TPSA) is 57.8 Å². The van der Waals surface area contributed by atoms with Crippen LogP contribution in [0.1, 0.15) is 11.1 Å². The average molecular weight is 309 g/mol. The molecule has 0 aliphatic heterocycles. The van der Waals surface area contributed by atoms with Crippen molar-refractivity contribution < 1.29 is 9.18 Å². The maximum Gasteiger partial charge on any atom is 0.228 e. The van der Waals surface area contributed by atoms with Crippen LogP contribution in [-0.4, -0.2) is 15.9 Å². The predicted molar refractivity (Wildman–Crippen MR) is 87.5 cm³/mol. The number of amides is 1. The molecule has 0 radical (unpaired) electrons. The van der Waals surface area contributed by atoms with Gasteiger partial charge in [0.1, 0.15) is 11.6 Å². The summed E-state index contributed by atoms with van der Waals surface area (Å²) in [7, 11) is 0. The minimum absolute atomic E-state index is 0.00288. The Bertz CT molecular complexity index is 828. The Balaban J connectivity index is 1.78. The van der Waals surface area contributed by atoms with Gasteiger partial charge in [0.15, 0.2) is 0 Å². The molecule has 5 heteroatoms. The van der Waals surface area contributed by atoms with E-state index in [1.807, 2.05) is 25.1 Å². The van der Waals surface area contributed by atoms with Crippen molar-refractivity contribution in [1.29, 1.82) is 0 Å². The molecule has 0 aliphatic carbocycles. The third kappa shape index (κ3) is 3.45. The molecule has 2 aromatic carbocycles. The fourth-order valence-corrected chi connectivity index (χ4v) is 2.34. The summed E-state index contributed by atoms with van der Waals surface area (Å²) in [6.07, 6.45) is 3.41. The molecule has 2 N–H and O–H groups in total. The third-order valence-electron chi connectivity index (χ3n) is 3.59. The number of hydrogen-bond donors (Lipinski definition) is 2. The summed E-state index contributed by atoms with van der Waals surface area (Å²) in [5.74, 6) is 0.105. The lowest BCUT2D eigenvalue weighted by Gasteiger charge is -2.10. The van der Waals surface area contributed by atoms with Gasteiger partial charge in [-0.3, -0.25) is 4.79 Å². The van der Waals surface area contributed by atoms with Crippen LogP contribution in [0.2, 0.25) is 0 Å². The molecule has 23 heavy (non-hydrogen) atoms. The van der Waals surface area contributed by atoms with Gasteiger partial charge in [-0.05, 0) is 30.2 Å². The number of aryl methyl sites for hydroxylation is 1. The highest BCUT2D eigenvalue weighted by atomic mass is 19.1. The Labute approximate surface area is 133 Å². The lowest BCUT2D eigenvalue weighted by atomic mass is 10.1. The van der Waals surface area contributed by atoms with Gasteiger partial charge >= 0.3 is 0 Å². The minimum Gasteiger partial charge on any atom is -0.345 e. The first kappa shape index (κ1) is 15.0. The summed E-state index contributed by atoms with van der Waals surface area (Å²) >= 11 is 0. The Morgan fingerprint density at radius 1 is 1.26 bits per heavy atom. The zero-order valence-corrected chi connectivity index (χ0v) is 12.6. The van der Waals surface area contributed by atoms with Crippen LogP contribution in [0.5, 0.6) is 0 Å². The number of aromatic nitrogens is 2. The molecule has 3 rings (SSSR count). The smallest absolute Gasteiger partial charge is 0.228 e. The lowest BCUT2D eigenvalue weighted by Crippen LogP contribution is -2.16. The third-order valence-corrected chi connectivity index (χ3v) is 3.59. The van der Waals surface area contributed by atoms with E-state index in [9.17, 15) is 9.18 Å². The number of imidazole rings is 1. The van der Waals surface area contributed by atoms with Crippen LogP contribution in [0.25, 0.3) is 11.4 Å². The number of benzene rings is 2. The number of H-pyrrole nitrogens is 1. The standard InChI is InChI=1S/C18H16FN3O/c1-12-6-7-14(18-20-8-9-21-18)10-16(12)22-17(23)11-13-4-2-3-5-15(13)19/h2-10H,11H2,1H3,(H,20,21)(H,22,23). The lowest BCUT2D eigenvalue weighted by molar-refractivity contribution is -0.115.